The van der Waals surface area contributed by atoms with Crippen molar-refractivity contribution >= 4 is 16.8 Å². The normalized spacial score (nSPS) is 10.9. The molecule has 1 heterocycles. The van der Waals surface area contributed by atoms with Gasteiger partial charge in [0.15, 0.2) is 0 Å². The molecule has 2 rings (SSSR count). The van der Waals surface area contributed by atoms with Crippen molar-refractivity contribution in [3.05, 3.63) is 30.5 Å². The predicted octanol–water partition coefficient (Wildman–Crippen LogP) is 2.17. The smallest absolute Gasteiger partial charge is 0.239 e. The first-order chi connectivity index (χ1) is 8.61. The zero-order chi connectivity index (χ0) is 13.1. The summed E-state index contributed by atoms with van der Waals surface area (Å²) in [5.41, 5.74) is 1.01. The Morgan fingerprint density at radius 3 is 2.83 bits per heavy atom. The van der Waals surface area contributed by atoms with E-state index in [1.807, 2.05) is 48.9 Å². The zero-order valence-electron chi connectivity index (χ0n) is 10.9. The van der Waals surface area contributed by atoms with E-state index in [9.17, 15) is 4.79 Å². The number of ether oxygens (including phenoxy) is 1. The highest BCUT2D eigenvalue weighted by Gasteiger charge is 2.09. The number of hydrogen-bond donors (Lipinski definition) is 1. The van der Waals surface area contributed by atoms with Crippen molar-refractivity contribution in [3.8, 4) is 5.75 Å². The molecular weight excluding hydrogens is 228 g/mol. The summed E-state index contributed by atoms with van der Waals surface area (Å²) in [6.45, 7) is 4.33. The molecule has 0 atom stereocenters. The lowest BCUT2D eigenvalue weighted by molar-refractivity contribution is -0.121. The molecule has 1 aromatic carbocycles. The topological polar surface area (TPSA) is 43.3 Å². The predicted molar refractivity (Wildman–Crippen MR) is 71.8 cm³/mol. The second kappa shape index (κ2) is 5.12. The van der Waals surface area contributed by atoms with Crippen molar-refractivity contribution in [2.75, 3.05) is 7.05 Å². The Labute approximate surface area is 107 Å². The van der Waals surface area contributed by atoms with Gasteiger partial charge in [-0.2, -0.15) is 0 Å². The maximum atomic E-state index is 11.4. The fourth-order valence-electron chi connectivity index (χ4n) is 1.92. The summed E-state index contributed by atoms with van der Waals surface area (Å²) in [6.07, 6.45) is 2.05. The number of rotatable bonds is 4. The van der Waals surface area contributed by atoms with E-state index in [4.69, 9.17) is 4.74 Å². The molecule has 2 aromatic rings. The van der Waals surface area contributed by atoms with Crippen molar-refractivity contribution in [3.63, 3.8) is 0 Å². The quantitative estimate of drug-likeness (QED) is 0.898. The molecule has 0 aliphatic heterocycles. The van der Waals surface area contributed by atoms with Crippen LogP contribution in [-0.2, 0) is 11.3 Å². The molecule has 1 amide bonds. The van der Waals surface area contributed by atoms with Gasteiger partial charge in [0.05, 0.1) is 11.6 Å². The molecule has 4 nitrogen and oxygen atoms in total. The molecule has 0 unspecified atom stereocenters. The SMILES string of the molecule is CNC(=O)Cn1ccc2c(OC(C)C)cccc21. The van der Waals surface area contributed by atoms with Gasteiger partial charge in [0, 0.05) is 18.6 Å². The van der Waals surface area contributed by atoms with Crippen LogP contribution in [-0.4, -0.2) is 23.6 Å². The Morgan fingerprint density at radius 1 is 1.39 bits per heavy atom. The van der Waals surface area contributed by atoms with Gasteiger partial charge in [0.25, 0.3) is 0 Å². The van der Waals surface area contributed by atoms with Gasteiger partial charge >= 0.3 is 0 Å². The molecule has 0 saturated carbocycles. The molecule has 0 saturated heterocycles. The van der Waals surface area contributed by atoms with E-state index in [-0.39, 0.29) is 12.0 Å². The number of benzene rings is 1. The molecule has 1 N–H and O–H groups in total. The summed E-state index contributed by atoms with van der Waals surface area (Å²) >= 11 is 0. The van der Waals surface area contributed by atoms with Gasteiger partial charge < -0.3 is 14.6 Å². The van der Waals surface area contributed by atoms with Crippen molar-refractivity contribution in [1.29, 1.82) is 0 Å². The Bertz CT molecular complexity index is 558. The second-order valence-electron chi connectivity index (χ2n) is 4.47. The molecule has 0 radical (unpaired) electrons. The molecule has 4 heteroatoms. The Hall–Kier alpha value is -1.97. The van der Waals surface area contributed by atoms with Crippen LogP contribution < -0.4 is 10.1 Å². The Balaban J connectivity index is 2.38. The number of nitrogens with one attached hydrogen (secondary N) is 1. The van der Waals surface area contributed by atoms with Crippen LogP contribution in [0.3, 0.4) is 0 Å². The molecule has 0 aliphatic rings. The fourth-order valence-corrected chi connectivity index (χ4v) is 1.92. The van der Waals surface area contributed by atoms with Crippen molar-refractivity contribution in [2.45, 2.75) is 26.5 Å². The number of carbonyl (C=O) groups excluding carboxylic acids is 1. The van der Waals surface area contributed by atoms with Crippen LogP contribution in [0.25, 0.3) is 10.9 Å². The van der Waals surface area contributed by atoms with Crippen LogP contribution in [0.15, 0.2) is 30.5 Å². The lowest BCUT2D eigenvalue weighted by Crippen LogP contribution is -2.22. The molecule has 1 aromatic heterocycles. The Morgan fingerprint density at radius 2 is 2.17 bits per heavy atom. The minimum absolute atomic E-state index is 0.0114. The number of nitrogens with zero attached hydrogens (tertiary/aromatic N) is 1. The molecule has 18 heavy (non-hydrogen) atoms. The molecule has 0 bridgehead atoms. The maximum Gasteiger partial charge on any atom is 0.239 e. The minimum Gasteiger partial charge on any atom is -0.490 e. The van der Waals surface area contributed by atoms with E-state index < -0.39 is 0 Å². The zero-order valence-corrected chi connectivity index (χ0v) is 10.9. The van der Waals surface area contributed by atoms with Crippen LogP contribution in [0.5, 0.6) is 5.75 Å². The fraction of sp³-hybridized carbons (Fsp3) is 0.357. The number of hydrogen-bond acceptors (Lipinski definition) is 2. The standard InChI is InChI=1S/C14H18N2O2/c1-10(2)18-13-6-4-5-12-11(13)7-8-16(12)9-14(17)15-3/h4-8,10H,9H2,1-3H3,(H,15,17). The van der Waals surface area contributed by atoms with E-state index in [1.165, 1.54) is 0 Å². The van der Waals surface area contributed by atoms with Crippen LogP contribution >= 0.6 is 0 Å². The van der Waals surface area contributed by atoms with Crippen molar-refractivity contribution < 1.29 is 9.53 Å². The second-order valence-corrected chi connectivity index (χ2v) is 4.47. The molecule has 0 spiro atoms. The van der Waals surface area contributed by atoms with Gasteiger partial charge in [0.1, 0.15) is 12.3 Å². The third kappa shape index (κ3) is 2.47. The summed E-state index contributed by atoms with van der Waals surface area (Å²) in [5.74, 6) is 0.848. The van der Waals surface area contributed by atoms with E-state index in [0.29, 0.717) is 6.54 Å². The first kappa shape index (κ1) is 12.5. The van der Waals surface area contributed by atoms with Gasteiger partial charge in [-0.25, -0.2) is 0 Å². The highest BCUT2D eigenvalue weighted by molar-refractivity contribution is 5.88. The van der Waals surface area contributed by atoms with Crippen molar-refractivity contribution in [2.24, 2.45) is 0 Å². The molecule has 0 aliphatic carbocycles. The Kier molecular flexibility index (Phi) is 3.55. The third-order valence-corrected chi connectivity index (χ3v) is 2.73. The van der Waals surface area contributed by atoms with Crippen molar-refractivity contribution in [1.82, 2.24) is 9.88 Å². The third-order valence-electron chi connectivity index (χ3n) is 2.73. The molecule has 0 fully saturated rings. The average molecular weight is 246 g/mol. The van der Waals surface area contributed by atoms with Gasteiger partial charge in [-0.05, 0) is 32.0 Å². The van der Waals surface area contributed by atoms with Gasteiger partial charge in [0.2, 0.25) is 5.91 Å². The van der Waals surface area contributed by atoms with Gasteiger partial charge in [-0.3, -0.25) is 4.79 Å². The largest absolute Gasteiger partial charge is 0.490 e. The van der Waals surface area contributed by atoms with E-state index in [1.54, 1.807) is 7.05 Å². The average Bonchev–Trinajstić information content (AvgIpc) is 2.73. The molecule has 96 valence electrons. The van der Waals surface area contributed by atoms with Crippen LogP contribution in [0.2, 0.25) is 0 Å². The van der Waals surface area contributed by atoms with E-state index in [0.717, 1.165) is 16.7 Å². The van der Waals surface area contributed by atoms with E-state index in [2.05, 4.69) is 5.32 Å². The first-order valence-electron chi connectivity index (χ1n) is 6.07. The molecular formula is C14H18N2O2. The summed E-state index contributed by atoms with van der Waals surface area (Å²) in [6, 6.07) is 7.87. The van der Waals surface area contributed by atoms with E-state index >= 15 is 0 Å². The van der Waals surface area contributed by atoms with Gasteiger partial charge in [-0.15, -0.1) is 0 Å². The number of fused-ring (bicyclic) bond motifs is 1. The summed E-state index contributed by atoms with van der Waals surface area (Å²) in [5, 5.41) is 3.66. The summed E-state index contributed by atoms with van der Waals surface area (Å²) < 4.78 is 7.68. The van der Waals surface area contributed by atoms with Crippen LogP contribution in [0.1, 0.15) is 13.8 Å². The number of carbonyl (C=O) groups is 1. The lowest BCUT2D eigenvalue weighted by Gasteiger charge is -2.11. The lowest BCUT2D eigenvalue weighted by atomic mass is 10.2. The monoisotopic (exact) mass is 246 g/mol. The van der Waals surface area contributed by atoms with Crippen LogP contribution in [0, 0.1) is 0 Å². The summed E-state index contributed by atoms with van der Waals surface area (Å²) in [7, 11) is 1.64. The minimum atomic E-state index is -0.0114. The highest BCUT2D eigenvalue weighted by atomic mass is 16.5. The first-order valence-corrected chi connectivity index (χ1v) is 6.07. The van der Waals surface area contributed by atoms with Gasteiger partial charge in [-0.1, -0.05) is 6.07 Å². The number of aromatic nitrogens is 1. The van der Waals surface area contributed by atoms with Crippen LogP contribution in [0.4, 0.5) is 0 Å². The number of amides is 1. The number of likely N-dealkylation sites (N-methyl/N-ethyl adjacent to an activating group) is 1. The highest BCUT2D eigenvalue weighted by Crippen LogP contribution is 2.27. The maximum absolute atomic E-state index is 11.4. The summed E-state index contributed by atoms with van der Waals surface area (Å²) in [4.78, 5) is 11.4.